The van der Waals surface area contributed by atoms with E-state index in [-0.39, 0.29) is 0 Å². The van der Waals surface area contributed by atoms with E-state index in [1.54, 1.807) is 12.4 Å². The lowest BCUT2D eigenvalue weighted by Gasteiger charge is -2.32. The molecule has 1 aliphatic rings. The quantitative estimate of drug-likeness (QED) is 0.814. The fourth-order valence-electron chi connectivity index (χ4n) is 1.85. The Morgan fingerprint density at radius 3 is 3.06 bits per heavy atom. The minimum Gasteiger partial charge on any atom is -0.382 e. The molecule has 1 aliphatic heterocycles. The average Bonchev–Trinajstić information content (AvgIpc) is 2.32. The third-order valence-electron chi connectivity index (χ3n) is 2.79. The number of nitrogens with two attached hydrogens (primary N) is 1. The van der Waals surface area contributed by atoms with Crippen LogP contribution in [-0.4, -0.2) is 40.7 Å². The zero-order valence-corrected chi connectivity index (χ0v) is 9.59. The summed E-state index contributed by atoms with van der Waals surface area (Å²) in [7, 11) is 0. The summed E-state index contributed by atoms with van der Waals surface area (Å²) in [4.78, 5) is 10.6. The second-order valence-electron chi connectivity index (χ2n) is 4.07. The maximum atomic E-state index is 5.62. The van der Waals surface area contributed by atoms with Crippen molar-refractivity contribution in [2.24, 2.45) is 0 Å². The van der Waals surface area contributed by atoms with E-state index < -0.39 is 0 Å². The highest BCUT2D eigenvalue weighted by atomic mass is 16.5. The highest BCUT2D eigenvalue weighted by molar-refractivity contribution is 5.22. The van der Waals surface area contributed by atoms with Crippen LogP contribution in [0, 0.1) is 0 Å². The molecule has 0 spiro atoms. The molecule has 88 valence electrons. The van der Waals surface area contributed by atoms with Gasteiger partial charge in [0.25, 0.3) is 0 Å². The molecular formula is C11H18N4O. The minimum absolute atomic E-state index is 0.357. The topological polar surface area (TPSA) is 64.3 Å². The first-order chi connectivity index (χ1) is 7.78. The van der Waals surface area contributed by atoms with Gasteiger partial charge in [0.05, 0.1) is 30.8 Å². The molecule has 5 nitrogen and oxygen atoms in total. The molecule has 0 aliphatic carbocycles. The van der Waals surface area contributed by atoms with E-state index in [0.29, 0.717) is 11.9 Å². The number of morpholine rings is 1. The van der Waals surface area contributed by atoms with E-state index in [4.69, 9.17) is 10.5 Å². The van der Waals surface area contributed by atoms with Gasteiger partial charge in [0.1, 0.15) is 5.82 Å². The molecule has 0 saturated carbocycles. The van der Waals surface area contributed by atoms with Gasteiger partial charge in [-0.05, 0) is 6.42 Å². The Balaban J connectivity index is 1.91. The molecule has 1 aromatic heterocycles. The first-order valence-electron chi connectivity index (χ1n) is 5.68. The molecule has 2 heterocycles. The van der Waals surface area contributed by atoms with Crippen molar-refractivity contribution in [2.45, 2.75) is 26.0 Å². The highest BCUT2D eigenvalue weighted by Gasteiger charge is 2.19. The molecule has 1 saturated heterocycles. The van der Waals surface area contributed by atoms with E-state index in [2.05, 4.69) is 21.8 Å². The zero-order valence-electron chi connectivity index (χ0n) is 9.59. The van der Waals surface area contributed by atoms with E-state index >= 15 is 0 Å². The van der Waals surface area contributed by atoms with Crippen molar-refractivity contribution in [3.8, 4) is 0 Å². The van der Waals surface area contributed by atoms with Crippen molar-refractivity contribution >= 4 is 5.82 Å². The van der Waals surface area contributed by atoms with Gasteiger partial charge in [-0.1, -0.05) is 6.92 Å². The molecular weight excluding hydrogens is 204 g/mol. The summed E-state index contributed by atoms with van der Waals surface area (Å²) < 4.78 is 5.62. The smallest absolute Gasteiger partial charge is 0.141 e. The molecule has 0 bridgehead atoms. The molecule has 16 heavy (non-hydrogen) atoms. The number of anilines is 1. The van der Waals surface area contributed by atoms with E-state index in [1.165, 1.54) is 0 Å². The van der Waals surface area contributed by atoms with Crippen molar-refractivity contribution in [2.75, 3.05) is 25.4 Å². The second-order valence-corrected chi connectivity index (χ2v) is 4.07. The van der Waals surface area contributed by atoms with Crippen molar-refractivity contribution in [1.82, 2.24) is 14.9 Å². The Morgan fingerprint density at radius 2 is 2.38 bits per heavy atom. The van der Waals surface area contributed by atoms with Crippen LogP contribution in [0.1, 0.15) is 19.0 Å². The number of rotatable bonds is 3. The predicted molar refractivity (Wildman–Crippen MR) is 61.8 cm³/mol. The molecule has 0 aromatic carbocycles. The molecule has 0 radical (unpaired) electrons. The standard InChI is InChI=1S/C11H18N4O/c1-2-10-8-15(3-4-16-10)7-9-5-14-11(12)6-13-9/h5-6,10H,2-4,7-8H2,1H3,(H2,12,14). The van der Waals surface area contributed by atoms with Crippen LogP contribution in [0.25, 0.3) is 0 Å². The number of nitrogen functional groups attached to an aromatic ring is 1. The minimum atomic E-state index is 0.357. The molecule has 0 amide bonds. The van der Waals surface area contributed by atoms with E-state index in [9.17, 15) is 0 Å². The maximum absolute atomic E-state index is 5.62. The Labute approximate surface area is 95.6 Å². The van der Waals surface area contributed by atoms with Gasteiger partial charge in [-0.2, -0.15) is 0 Å². The monoisotopic (exact) mass is 222 g/mol. The summed E-state index contributed by atoms with van der Waals surface area (Å²) in [6.07, 6.45) is 4.76. The van der Waals surface area contributed by atoms with Gasteiger partial charge >= 0.3 is 0 Å². The highest BCUT2D eigenvalue weighted by Crippen LogP contribution is 2.10. The predicted octanol–water partition coefficient (Wildman–Crippen LogP) is 0.670. The van der Waals surface area contributed by atoms with Gasteiger partial charge < -0.3 is 10.5 Å². The largest absolute Gasteiger partial charge is 0.382 e. The van der Waals surface area contributed by atoms with Crippen molar-refractivity contribution in [1.29, 1.82) is 0 Å². The normalized spacial score (nSPS) is 22.2. The molecule has 1 aromatic rings. The van der Waals surface area contributed by atoms with Crippen LogP contribution in [0.3, 0.4) is 0 Å². The molecule has 1 atom stereocenters. The summed E-state index contributed by atoms with van der Waals surface area (Å²) in [6.45, 7) is 5.72. The first-order valence-corrected chi connectivity index (χ1v) is 5.68. The third kappa shape index (κ3) is 2.90. The van der Waals surface area contributed by atoms with Crippen LogP contribution in [0.15, 0.2) is 12.4 Å². The molecule has 5 heteroatoms. The van der Waals surface area contributed by atoms with Crippen molar-refractivity contribution in [3.05, 3.63) is 18.1 Å². The van der Waals surface area contributed by atoms with Crippen LogP contribution in [0.2, 0.25) is 0 Å². The number of aromatic nitrogens is 2. The van der Waals surface area contributed by atoms with Gasteiger partial charge in [-0.3, -0.25) is 9.88 Å². The SMILES string of the molecule is CCC1CN(Cc2cnc(N)cn2)CCO1. The van der Waals surface area contributed by atoms with Crippen LogP contribution >= 0.6 is 0 Å². The van der Waals surface area contributed by atoms with E-state index in [1.807, 2.05) is 0 Å². The van der Waals surface area contributed by atoms with Gasteiger partial charge in [-0.25, -0.2) is 4.98 Å². The van der Waals surface area contributed by atoms with Gasteiger partial charge in [-0.15, -0.1) is 0 Å². The number of nitrogens with zero attached hydrogens (tertiary/aromatic N) is 3. The summed E-state index contributed by atoms with van der Waals surface area (Å²) in [5.41, 5.74) is 6.46. The van der Waals surface area contributed by atoms with Gasteiger partial charge in [0.15, 0.2) is 0 Å². The lowest BCUT2D eigenvalue weighted by atomic mass is 10.2. The van der Waals surface area contributed by atoms with Crippen LogP contribution in [0.5, 0.6) is 0 Å². The Hall–Kier alpha value is -1.20. The average molecular weight is 222 g/mol. The van der Waals surface area contributed by atoms with Crippen LogP contribution < -0.4 is 5.73 Å². The summed E-state index contributed by atoms with van der Waals surface area (Å²) >= 11 is 0. The Bertz CT molecular complexity index is 327. The lowest BCUT2D eigenvalue weighted by Crippen LogP contribution is -2.41. The first kappa shape index (κ1) is 11.3. The fraction of sp³-hybridized carbons (Fsp3) is 0.636. The van der Waals surface area contributed by atoms with Crippen molar-refractivity contribution in [3.63, 3.8) is 0 Å². The van der Waals surface area contributed by atoms with Gasteiger partial charge in [0, 0.05) is 19.6 Å². The fourth-order valence-corrected chi connectivity index (χ4v) is 1.85. The Kier molecular flexibility index (Phi) is 3.69. The number of hydrogen-bond acceptors (Lipinski definition) is 5. The second kappa shape index (κ2) is 5.23. The summed E-state index contributed by atoms with van der Waals surface area (Å²) in [5, 5.41) is 0. The summed E-state index contributed by atoms with van der Waals surface area (Å²) in [5.74, 6) is 0.470. The number of ether oxygens (including phenoxy) is 1. The molecule has 2 rings (SSSR count). The number of hydrogen-bond donors (Lipinski definition) is 1. The zero-order chi connectivity index (χ0) is 11.4. The summed E-state index contributed by atoms with van der Waals surface area (Å²) in [6, 6.07) is 0. The Morgan fingerprint density at radius 1 is 1.50 bits per heavy atom. The molecule has 1 fully saturated rings. The van der Waals surface area contributed by atoms with Crippen LogP contribution in [0.4, 0.5) is 5.82 Å². The van der Waals surface area contributed by atoms with Crippen molar-refractivity contribution < 1.29 is 4.74 Å². The van der Waals surface area contributed by atoms with Crippen LogP contribution in [-0.2, 0) is 11.3 Å². The molecule has 2 N–H and O–H groups in total. The van der Waals surface area contributed by atoms with Gasteiger partial charge in [0.2, 0.25) is 0 Å². The third-order valence-corrected chi connectivity index (χ3v) is 2.79. The lowest BCUT2D eigenvalue weighted by molar-refractivity contribution is -0.0328. The molecule has 1 unspecified atom stereocenters. The maximum Gasteiger partial charge on any atom is 0.141 e. The van der Waals surface area contributed by atoms with E-state index in [0.717, 1.165) is 38.4 Å².